The molecular formula is C22H26N4O3. The van der Waals surface area contributed by atoms with Crippen LogP contribution in [0, 0.1) is 0 Å². The fourth-order valence-corrected chi connectivity index (χ4v) is 3.02. The number of hydrogen-bond donors (Lipinski definition) is 2. The van der Waals surface area contributed by atoms with E-state index >= 15 is 0 Å². The Hall–Kier alpha value is -3.19. The van der Waals surface area contributed by atoms with E-state index in [0.717, 1.165) is 0 Å². The molecule has 0 saturated heterocycles. The van der Waals surface area contributed by atoms with Crippen molar-refractivity contribution in [3.8, 4) is 0 Å². The summed E-state index contributed by atoms with van der Waals surface area (Å²) in [7, 11) is 1.56. The van der Waals surface area contributed by atoms with Gasteiger partial charge in [0.1, 0.15) is 5.82 Å². The van der Waals surface area contributed by atoms with E-state index < -0.39 is 11.7 Å². The number of methoxy groups -OCH3 is 1. The first-order chi connectivity index (χ1) is 13.8. The minimum Gasteiger partial charge on any atom is -0.383 e. The van der Waals surface area contributed by atoms with Crippen molar-refractivity contribution in [3.05, 3.63) is 64.6 Å². The predicted octanol–water partition coefficient (Wildman–Crippen LogP) is 3.98. The second kappa shape index (κ2) is 8.45. The van der Waals surface area contributed by atoms with Crippen LogP contribution < -0.4 is 16.3 Å². The molecule has 2 aromatic carbocycles. The van der Waals surface area contributed by atoms with Crippen LogP contribution in [0.4, 0.5) is 16.3 Å². The normalized spacial score (nSPS) is 11.4. The first-order valence-electron chi connectivity index (χ1n) is 9.46. The number of para-hydroxylation sites is 1. The van der Waals surface area contributed by atoms with Crippen molar-refractivity contribution in [3.63, 3.8) is 0 Å². The molecule has 3 aromatic rings. The van der Waals surface area contributed by atoms with Gasteiger partial charge in [-0.25, -0.2) is 9.59 Å². The van der Waals surface area contributed by atoms with Crippen LogP contribution in [0.1, 0.15) is 26.3 Å². The molecule has 0 aliphatic heterocycles. The largest absolute Gasteiger partial charge is 0.383 e. The topological polar surface area (TPSA) is 85.2 Å². The molecule has 0 fully saturated rings. The summed E-state index contributed by atoms with van der Waals surface area (Å²) >= 11 is 0. The molecule has 0 unspecified atom stereocenters. The third-order valence-corrected chi connectivity index (χ3v) is 4.64. The van der Waals surface area contributed by atoms with Crippen molar-refractivity contribution in [2.24, 2.45) is 0 Å². The van der Waals surface area contributed by atoms with Gasteiger partial charge in [-0.2, -0.15) is 4.98 Å². The Morgan fingerprint density at radius 3 is 2.41 bits per heavy atom. The third kappa shape index (κ3) is 4.81. The van der Waals surface area contributed by atoms with E-state index in [1.807, 2.05) is 36.4 Å². The lowest BCUT2D eigenvalue weighted by atomic mass is 9.87. The average Bonchev–Trinajstić information content (AvgIpc) is 2.67. The number of benzene rings is 2. The zero-order valence-corrected chi connectivity index (χ0v) is 17.2. The van der Waals surface area contributed by atoms with Gasteiger partial charge in [0.2, 0.25) is 0 Å². The van der Waals surface area contributed by atoms with E-state index in [0.29, 0.717) is 29.0 Å². The van der Waals surface area contributed by atoms with E-state index in [4.69, 9.17) is 4.74 Å². The smallest absolute Gasteiger partial charge is 0.349 e. The van der Waals surface area contributed by atoms with Crippen LogP contribution in [-0.4, -0.2) is 29.3 Å². The van der Waals surface area contributed by atoms with E-state index in [-0.39, 0.29) is 12.0 Å². The number of carbonyl (C=O) groups excluding carboxylic acids is 1. The van der Waals surface area contributed by atoms with Crippen LogP contribution in [0.15, 0.2) is 53.3 Å². The van der Waals surface area contributed by atoms with Gasteiger partial charge >= 0.3 is 11.7 Å². The number of aromatic nitrogens is 2. The third-order valence-electron chi connectivity index (χ3n) is 4.64. The van der Waals surface area contributed by atoms with Crippen molar-refractivity contribution in [2.45, 2.75) is 32.7 Å². The summed E-state index contributed by atoms with van der Waals surface area (Å²) in [6, 6.07) is 14.5. The fourth-order valence-electron chi connectivity index (χ4n) is 3.02. The Bertz CT molecular complexity index is 1070. The van der Waals surface area contributed by atoms with E-state index in [1.54, 1.807) is 19.2 Å². The molecule has 0 atom stereocenters. The number of nitrogens with one attached hydrogen (secondary N) is 2. The first kappa shape index (κ1) is 20.5. The number of urea groups is 1. The number of rotatable bonds is 5. The fraction of sp³-hybridized carbons (Fsp3) is 0.318. The summed E-state index contributed by atoms with van der Waals surface area (Å²) in [5, 5.41) is 6.32. The minimum absolute atomic E-state index is 0.0359. The van der Waals surface area contributed by atoms with Crippen molar-refractivity contribution in [2.75, 3.05) is 24.4 Å². The summed E-state index contributed by atoms with van der Waals surface area (Å²) in [5.74, 6) is 0.390. The van der Waals surface area contributed by atoms with E-state index in [9.17, 15) is 9.59 Å². The lowest BCUT2D eigenvalue weighted by Crippen LogP contribution is -2.30. The van der Waals surface area contributed by atoms with E-state index in [1.165, 1.54) is 10.1 Å². The summed E-state index contributed by atoms with van der Waals surface area (Å²) in [6.45, 7) is 7.01. The minimum atomic E-state index is -0.439. The monoisotopic (exact) mass is 394 g/mol. The molecular weight excluding hydrogens is 368 g/mol. The van der Waals surface area contributed by atoms with Gasteiger partial charge in [-0.05, 0) is 35.2 Å². The summed E-state index contributed by atoms with van der Waals surface area (Å²) in [6.07, 6.45) is 0. The number of amides is 2. The van der Waals surface area contributed by atoms with Gasteiger partial charge < -0.3 is 10.1 Å². The Morgan fingerprint density at radius 1 is 1.07 bits per heavy atom. The lowest BCUT2D eigenvalue weighted by Gasteiger charge is -2.19. The molecule has 0 spiro atoms. The molecule has 1 heterocycles. The predicted molar refractivity (Wildman–Crippen MR) is 116 cm³/mol. The molecule has 152 valence electrons. The van der Waals surface area contributed by atoms with Crippen LogP contribution in [0.5, 0.6) is 0 Å². The van der Waals surface area contributed by atoms with Crippen LogP contribution in [-0.2, 0) is 16.7 Å². The van der Waals surface area contributed by atoms with Gasteiger partial charge in [-0.1, -0.05) is 45.0 Å². The van der Waals surface area contributed by atoms with Gasteiger partial charge in [-0.3, -0.25) is 9.88 Å². The number of carbonyl (C=O) groups is 1. The first-order valence-corrected chi connectivity index (χ1v) is 9.46. The second-order valence-electron chi connectivity index (χ2n) is 7.81. The number of anilines is 2. The highest BCUT2D eigenvalue weighted by Crippen LogP contribution is 2.24. The standard InChI is InChI=1S/C22H26N4O3/c1-22(2,3)15-9-11-16(12-10-15)23-20(27)25-19-17-7-5-6-8-18(17)24-21(28)26(19)13-14-29-4/h5-12H,13-14H2,1-4H3,(H2,23,25,27). The maximum atomic E-state index is 12.7. The SMILES string of the molecule is COCCn1c(NC(=O)Nc2ccc(C(C)(C)C)cc2)c2ccccc2nc1=O. The number of fused-ring (bicyclic) bond motifs is 1. The molecule has 1 aromatic heterocycles. The maximum Gasteiger partial charge on any atom is 0.349 e. The van der Waals surface area contributed by atoms with Crippen molar-refractivity contribution >= 4 is 28.4 Å². The van der Waals surface area contributed by atoms with Gasteiger partial charge in [0.05, 0.1) is 18.7 Å². The van der Waals surface area contributed by atoms with Gasteiger partial charge in [-0.15, -0.1) is 0 Å². The molecule has 29 heavy (non-hydrogen) atoms. The zero-order chi connectivity index (χ0) is 21.0. The van der Waals surface area contributed by atoms with Crippen molar-refractivity contribution in [1.82, 2.24) is 9.55 Å². The lowest BCUT2D eigenvalue weighted by molar-refractivity contribution is 0.186. The number of hydrogen-bond acceptors (Lipinski definition) is 4. The Morgan fingerprint density at radius 2 is 1.76 bits per heavy atom. The quantitative estimate of drug-likeness (QED) is 0.685. The second-order valence-corrected chi connectivity index (χ2v) is 7.81. The van der Waals surface area contributed by atoms with Crippen LogP contribution in [0.3, 0.4) is 0 Å². The molecule has 0 aliphatic rings. The molecule has 7 nitrogen and oxygen atoms in total. The Labute approximate surface area is 169 Å². The van der Waals surface area contributed by atoms with Crippen LogP contribution >= 0.6 is 0 Å². The maximum absolute atomic E-state index is 12.7. The zero-order valence-electron chi connectivity index (χ0n) is 17.2. The average molecular weight is 394 g/mol. The van der Waals surface area contributed by atoms with Gasteiger partial charge in [0.15, 0.2) is 0 Å². The molecule has 2 amide bonds. The molecule has 7 heteroatoms. The molecule has 0 saturated carbocycles. The van der Waals surface area contributed by atoms with E-state index in [2.05, 4.69) is 36.4 Å². The van der Waals surface area contributed by atoms with Crippen LogP contribution in [0.2, 0.25) is 0 Å². The number of nitrogens with zero attached hydrogens (tertiary/aromatic N) is 2. The van der Waals surface area contributed by atoms with Crippen LogP contribution in [0.25, 0.3) is 10.9 Å². The summed E-state index contributed by atoms with van der Waals surface area (Å²) in [4.78, 5) is 29.2. The highest BCUT2D eigenvalue weighted by atomic mass is 16.5. The number of ether oxygens (including phenoxy) is 1. The van der Waals surface area contributed by atoms with Gasteiger partial charge in [0.25, 0.3) is 0 Å². The van der Waals surface area contributed by atoms with Crippen molar-refractivity contribution in [1.29, 1.82) is 0 Å². The highest BCUT2D eigenvalue weighted by molar-refractivity contribution is 6.04. The molecule has 3 rings (SSSR count). The molecule has 0 bridgehead atoms. The van der Waals surface area contributed by atoms with Gasteiger partial charge in [0, 0.05) is 18.2 Å². The highest BCUT2D eigenvalue weighted by Gasteiger charge is 2.15. The molecule has 0 aliphatic carbocycles. The Balaban J connectivity index is 1.88. The molecule has 2 N–H and O–H groups in total. The molecule has 0 radical (unpaired) electrons. The summed E-state index contributed by atoms with van der Waals surface area (Å²) in [5.41, 5.74) is 1.96. The Kier molecular flexibility index (Phi) is 5.98. The van der Waals surface area contributed by atoms with Crippen molar-refractivity contribution < 1.29 is 9.53 Å². The summed E-state index contributed by atoms with van der Waals surface area (Å²) < 4.78 is 6.50.